The molecule has 0 radical (unpaired) electrons. The molecule has 0 aliphatic heterocycles. The van der Waals surface area contributed by atoms with E-state index in [1.807, 2.05) is 37.3 Å². The molecule has 0 fully saturated rings. The quantitative estimate of drug-likeness (QED) is 0.474. The Labute approximate surface area is 158 Å². The van der Waals surface area contributed by atoms with E-state index >= 15 is 0 Å². The van der Waals surface area contributed by atoms with E-state index in [-0.39, 0.29) is 0 Å². The van der Waals surface area contributed by atoms with Crippen molar-refractivity contribution in [2.45, 2.75) is 13.8 Å². The molecule has 0 aliphatic rings. The first-order valence-corrected chi connectivity index (χ1v) is 8.57. The van der Waals surface area contributed by atoms with Crippen LogP contribution in [0.2, 0.25) is 0 Å². The van der Waals surface area contributed by atoms with Crippen LogP contribution in [0.15, 0.2) is 128 Å². The van der Waals surface area contributed by atoms with Gasteiger partial charge in [-0.05, 0) is 36.1 Å². The molecule has 0 spiro atoms. The Morgan fingerprint density at radius 2 is 1.27 bits per heavy atom. The number of benzene rings is 2. The van der Waals surface area contributed by atoms with Crippen molar-refractivity contribution in [3.05, 3.63) is 134 Å². The summed E-state index contributed by atoms with van der Waals surface area (Å²) in [6, 6.07) is 19.0. The lowest BCUT2D eigenvalue weighted by Crippen LogP contribution is -1.77. The van der Waals surface area contributed by atoms with Gasteiger partial charge in [-0.3, -0.25) is 0 Å². The number of rotatable bonds is 6. The number of aryl methyl sites for hydroxylation is 1. The SMILES string of the molecule is C=C/C=C\C(=C)C(=C)/C=C\C(=C)C.Cc1ccc(-c2ccccc2)cc1. The van der Waals surface area contributed by atoms with Gasteiger partial charge < -0.3 is 0 Å². The zero-order chi connectivity index (χ0) is 19.4. The third-order valence-corrected chi connectivity index (χ3v) is 3.57. The molecule has 0 bridgehead atoms. The maximum Gasteiger partial charge on any atom is -0.0184 e. The van der Waals surface area contributed by atoms with E-state index in [9.17, 15) is 0 Å². The molecular formula is C26H28. The highest BCUT2D eigenvalue weighted by atomic mass is 14.0. The molecule has 0 aromatic heterocycles. The van der Waals surface area contributed by atoms with E-state index in [0.29, 0.717) is 0 Å². The van der Waals surface area contributed by atoms with Crippen molar-refractivity contribution in [1.82, 2.24) is 0 Å². The maximum atomic E-state index is 3.87. The van der Waals surface area contributed by atoms with Crippen LogP contribution >= 0.6 is 0 Å². The van der Waals surface area contributed by atoms with Crippen molar-refractivity contribution in [3.8, 4) is 11.1 Å². The summed E-state index contributed by atoms with van der Waals surface area (Å²) in [5.74, 6) is 0. The van der Waals surface area contributed by atoms with Gasteiger partial charge in [0, 0.05) is 0 Å². The summed E-state index contributed by atoms with van der Waals surface area (Å²) >= 11 is 0. The summed E-state index contributed by atoms with van der Waals surface area (Å²) in [6.45, 7) is 19.1. The molecule has 0 heteroatoms. The lowest BCUT2D eigenvalue weighted by Gasteiger charge is -2.00. The van der Waals surface area contributed by atoms with Gasteiger partial charge in [0.1, 0.15) is 0 Å². The van der Waals surface area contributed by atoms with Gasteiger partial charge in [-0.1, -0.05) is 122 Å². The Kier molecular flexibility index (Phi) is 9.20. The Bertz CT molecular complexity index is 797. The molecule has 0 atom stereocenters. The highest BCUT2D eigenvalue weighted by Gasteiger charge is 1.94. The third-order valence-electron chi connectivity index (χ3n) is 3.57. The van der Waals surface area contributed by atoms with Gasteiger partial charge in [0.25, 0.3) is 0 Å². The first-order chi connectivity index (χ1) is 12.4. The highest BCUT2D eigenvalue weighted by Crippen LogP contribution is 2.18. The average Bonchev–Trinajstić information content (AvgIpc) is 2.66. The number of allylic oxidation sites excluding steroid dienone is 8. The van der Waals surface area contributed by atoms with Gasteiger partial charge in [0.2, 0.25) is 0 Å². The van der Waals surface area contributed by atoms with E-state index in [1.54, 1.807) is 6.08 Å². The Balaban J connectivity index is 0.000000260. The fourth-order valence-electron chi connectivity index (χ4n) is 2.02. The molecule has 0 saturated heterocycles. The molecule has 2 aromatic rings. The predicted molar refractivity (Wildman–Crippen MR) is 118 cm³/mol. The van der Waals surface area contributed by atoms with Crippen LogP contribution in [-0.2, 0) is 0 Å². The van der Waals surface area contributed by atoms with E-state index in [4.69, 9.17) is 0 Å². The topological polar surface area (TPSA) is 0 Å². The van der Waals surface area contributed by atoms with Gasteiger partial charge >= 0.3 is 0 Å². The Hall–Kier alpha value is -3.12. The van der Waals surface area contributed by atoms with Crippen LogP contribution in [0, 0.1) is 6.92 Å². The molecule has 26 heavy (non-hydrogen) atoms. The largest absolute Gasteiger partial charge is 0.0991 e. The minimum atomic E-state index is 0.886. The molecule has 2 rings (SSSR count). The zero-order valence-electron chi connectivity index (χ0n) is 15.9. The summed E-state index contributed by atoms with van der Waals surface area (Å²) in [6.07, 6.45) is 9.23. The fourth-order valence-corrected chi connectivity index (χ4v) is 2.02. The number of hydrogen-bond acceptors (Lipinski definition) is 0. The van der Waals surface area contributed by atoms with Crippen LogP contribution < -0.4 is 0 Å². The second-order valence-electron chi connectivity index (χ2n) is 6.06. The van der Waals surface area contributed by atoms with Gasteiger partial charge in [-0.15, -0.1) is 0 Å². The molecule has 0 aliphatic carbocycles. The average molecular weight is 341 g/mol. The molecule has 132 valence electrons. The van der Waals surface area contributed by atoms with E-state index in [0.717, 1.165) is 16.7 Å². The van der Waals surface area contributed by atoms with Crippen molar-refractivity contribution in [2.75, 3.05) is 0 Å². The summed E-state index contributed by atoms with van der Waals surface area (Å²) in [5, 5.41) is 0. The molecule has 0 saturated carbocycles. The summed E-state index contributed by atoms with van der Waals surface area (Å²) in [5.41, 5.74) is 6.65. The van der Waals surface area contributed by atoms with Crippen LogP contribution in [-0.4, -0.2) is 0 Å². The van der Waals surface area contributed by atoms with Crippen LogP contribution in [0.25, 0.3) is 11.1 Å². The second kappa shape index (κ2) is 11.4. The minimum Gasteiger partial charge on any atom is -0.0991 e. The second-order valence-corrected chi connectivity index (χ2v) is 6.06. The molecule has 2 aromatic carbocycles. The third kappa shape index (κ3) is 8.12. The smallest absolute Gasteiger partial charge is 0.0184 e. The molecule has 0 amide bonds. The van der Waals surface area contributed by atoms with Crippen molar-refractivity contribution in [1.29, 1.82) is 0 Å². The lowest BCUT2D eigenvalue weighted by atomic mass is 10.0. The van der Waals surface area contributed by atoms with E-state index in [1.165, 1.54) is 16.7 Å². The van der Waals surface area contributed by atoms with Gasteiger partial charge in [0.15, 0.2) is 0 Å². The van der Waals surface area contributed by atoms with Crippen molar-refractivity contribution in [3.63, 3.8) is 0 Å². The standard InChI is InChI=1S/C13H12.C13H16/c1-11-7-9-13(10-8-11)12-5-3-2-4-6-12;1-6-7-8-12(4)13(5)10-9-11(2)3/h2-10H,1H3;6-10H,1-2,4-5H2,3H3/b;8-7-,10-9-. The zero-order valence-corrected chi connectivity index (χ0v) is 15.9. The van der Waals surface area contributed by atoms with Crippen molar-refractivity contribution >= 4 is 0 Å². The van der Waals surface area contributed by atoms with Crippen LogP contribution in [0.5, 0.6) is 0 Å². The summed E-state index contributed by atoms with van der Waals surface area (Å²) in [4.78, 5) is 0. The maximum absolute atomic E-state index is 3.87. The Morgan fingerprint density at radius 1 is 0.731 bits per heavy atom. The molecule has 0 unspecified atom stereocenters. The Morgan fingerprint density at radius 3 is 1.81 bits per heavy atom. The van der Waals surface area contributed by atoms with Crippen molar-refractivity contribution in [2.24, 2.45) is 0 Å². The van der Waals surface area contributed by atoms with Crippen LogP contribution in [0.3, 0.4) is 0 Å². The van der Waals surface area contributed by atoms with Crippen LogP contribution in [0.4, 0.5) is 0 Å². The molecule has 0 nitrogen and oxygen atoms in total. The normalized spacial score (nSPS) is 10.2. The molecule has 0 N–H and O–H groups in total. The van der Waals surface area contributed by atoms with Gasteiger partial charge in [-0.25, -0.2) is 0 Å². The first kappa shape index (κ1) is 20.9. The predicted octanol–water partition coefficient (Wildman–Crippen LogP) is 7.64. The highest BCUT2D eigenvalue weighted by molar-refractivity contribution is 5.63. The summed E-state index contributed by atoms with van der Waals surface area (Å²) in [7, 11) is 0. The van der Waals surface area contributed by atoms with Crippen molar-refractivity contribution < 1.29 is 0 Å². The minimum absolute atomic E-state index is 0.886. The van der Waals surface area contributed by atoms with E-state index in [2.05, 4.69) is 81.8 Å². The summed E-state index contributed by atoms with van der Waals surface area (Å²) < 4.78 is 0. The fraction of sp³-hybridized carbons (Fsp3) is 0.0769. The molecule has 0 heterocycles. The van der Waals surface area contributed by atoms with Gasteiger partial charge in [0.05, 0.1) is 0 Å². The first-order valence-electron chi connectivity index (χ1n) is 8.57. The monoisotopic (exact) mass is 340 g/mol. The number of hydrogen-bond donors (Lipinski definition) is 0. The van der Waals surface area contributed by atoms with E-state index < -0.39 is 0 Å². The van der Waals surface area contributed by atoms with Crippen LogP contribution in [0.1, 0.15) is 12.5 Å². The van der Waals surface area contributed by atoms with Gasteiger partial charge in [-0.2, -0.15) is 0 Å². The molecular weight excluding hydrogens is 312 g/mol. The lowest BCUT2D eigenvalue weighted by molar-refractivity contribution is 1.47.